The third-order valence-corrected chi connectivity index (χ3v) is 3.31. The number of aliphatic imine (C=N–C) groups is 1. The summed E-state index contributed by atoms with van der Waals surface area (Å²) >= 11 is 0. The van der Waals surface area contributed by atoms with Crippen LogP contribution in [0, 0.1) is 5.92 Å². The van der Waals surface area contributed by atoms with Crippen LogP contribution in [0.15, 0.2) is 4.99 Å². The number of primary amides is 1. The van der Waals surface area contributed by atoms with Crippen molar-refractivity contribution in [1.29, 1.82) is 0 Å². The van der Waals surface area contributed by atoms with Crippen molar-refractivity contribution in [3.8, 4) is 0 Å². The second kappa shape index (κ2) is 3.15. The van der Waals surface area contributed by atoms with Crippen LogP contribution in [-0.2, 0) is 0 Å². The van der Waals surface area contributed by atoms with E-state index in [-0.39, 0.29) is 11.5 Å². The minimum Gasteiger partial charge on any atom is -0.370 e. The molecule has 2 aliphatic carbocycles. The molecule has 2 amide bonds. The number of rotatable bonds is 1. The molecule has 0 heterocycles. The zero-order valence-electron chi connectivity index (χ0n) is 8.12. The first-order chi connectivity index (χ1) is 6.60. The van der Waals surface area contributed by atoms with Crippen LogP contribution in [-0.4, -0.2) is 17.5 Å². The van der Waals surface area contributed by atoms with Gasteiger partial charge in [-0.15, -0.1) is 0 Å². The Morgan fingerprint density at radius 2 is 2.00 bits per heavy atom. The number of urea groups is 1. The topological polar surface area (TPSA) is 93.5 Å². The van der Waals surface area contributed by atoms with Crippen LogP contribution in [0.2, 0.25) is 0 Å². The molecule has 5 nitrogen and oxygen atoms in total. The van der Waals surface area contributed by atoms with E-state index in [1.807, 2.05) is 0 Å². The van der Waals surface area contributed by atoms with Gasteiger partial charge in [0, 0.05) is 0 Å². The van der Waals surface area contributed by atoms with Gasteiger partial charge in [-0.1, -0.05) is 0 Å². The van der Waals surface area contributed by atoms with E-state index in [0.29, 0.717) is 0 Å². The Bertz CT molecular complexity index is 279. The van der Waals surface area contributed by atoms with Gasteiger partial charge in [0.2, 0.25) is 0 Å². The standard InChI is InChI=1S/C9H16N4O/c10-7(12-8(11)14)13-9-3-1-6(5-9)2-4-9/h6H,1-5H2,(H5,10,11,12,13,14). The van der Waals surface area contributed by atoms with Gasteiger partial charge in [0.15, 0.2) is 5.96 Å². The van der Waals surface area contributed by atoms with Gasteiger partial charge in [-0.05, 0) is 38.0 Å². The van der Waals surface area contributed by atoms with Crippen LogP contribution in [0.5, 0.6) is 0 Å². The fourth-order valence-electron chi connectivity index (χ4n) is 2.73. The molecule has 2 fully saturated rings. The summed E-state index contributed by atoms with van der Waals surface area (Å²) in [5.74, 6) is 0.986. The van der Waals surface area contributed by atoms with Gasteiger partial charge in [-0.3, -0.25) is 5.32 Å². The number of hydrogen-bond donors (Lipinski definition) is 3. The summed E-state index contributed by atoms with van der Waals surface area (Å²) in [4.78, 5) is 14.9. The smallest absolute Gasteiger partial charge is 0.318 e. The molecule has 0 radical (unpaired) electrons. The Morgan fingerprint density at radius 1 is 1.36 bits per heavy atom. The van der Waals surface area contributed by atoms with Crippen molar-refractivity contribution in [2.24, 2.45) is 22.4 Å². The lowest BCUT2D eigenvalue weighted by Crippen LogP contribution is -2.42. The summed E-state index contributed by atoms with van der Waals surface area (Å²) in [6.07, 6.45) is 5.80. The monoisotopic (exact) mass is 196 g/mol. The van der Waals surface area contributed by atoms with E-state index in [9.17, 15) is 4.79 Å². The molecule has 5 N–H and O–H groups in total. The largest absolute Gasteiger partial charge is 0.370 e. The Hall–Kier alpha value is -1.26. The molecule has 0 spiro atoms. The number of nitrogens with two attached hydrogens (primary N) is 2. The number of amides is 2. The Morgan fingerprint density at radius 3 is 2.43 bits per heavy atom. The minimum absolute atomic E-state index is 0.0111. The lowest BCUT2D eigenvalue weighted by molar-refractivity contribution is 0.253. The summed E-state index contributed by atoms with van der Waals surface area (Å²) in [7, 11) is 0. The Kier molecular flexibility index (Phi) is 2.09. The fraction of sp³-hybridized carbons (Fsp3) is 0.778. The molecule has 0 aromatic heterocycles. The van der Waals surface area contributed by atoms with Gasteiger partial charge in [-0.2, -0.15) is 0 Å². The number of carbonyl (C=O) groups is 1. The van der Waals surface area contributed by atoms with E-state index >= 15 is 0 Å². The molecule has 2 rings (SSSR count). The number of guanidine groups is 1. The summed E-state index contributed by atoms with van der Waals surface area (Å²) in [5, 5.41) is 2.31. The third kappa shape index (κ3) is 1.66. The number of carbonyl (C=O) groups excluding carboxylic acids is 1. The van der Waals surface area contributed by atoms with Crippen molar-refractivity contribution in [1.82, 2.24) is 5.32 Å². The maximum atomic E-state index is 10.5. The van der Waals surface area contributed by atoms with Crippen LogP contribution < -0.4 is 16.8 Å². The van der Waals surface area contributed by atoms with Crippen LogP contribution >= 0.6 is 0 Å². The first-order valence-corrected chi connectivity index (χ1v) is 5.01. The van der Waals surface area contributed by atoms with Crippen molar-refractivity contribution in [2.75, 3.05) is 0 Å². The number of nitrogens with one attached hydrogen (secondary N) is 1. The van der Waals surface area contributed by atoms with Crippen LogP contribution in [0.4, 0.5) is 4.79 Å². The van der Waals surface area contributed by atoms with Gasteiger partial charge in [0.1, 0.15) is 0 Å². The van der Waals surface area contributed by atoms with Gasteiger partial charge < -0.3 is 11.5 Å². The molecule has 0 saturated heterocycles. The maximum absolute atomic E-state index is 10.5. The second-order valence-corrected chi connectivity index (χ2v) is 4.36. The third-order valence-electron chi connectivity index (χ3n) is 3.31. The highest BCUT2D eigenvalue weighted by molar-refractivity contribution is 5.94. The molecule has 2 aliphatic rings. The van der Waals surface area contributed by atoms with Crippen molar-refractivity contribution in [2.45, 2.75) is 37.6 Å². The van der Waals surface area contributed by atoms with Crippen molar-refractivity contribution < 1.29 is 4.79 Å². The van der Waals surface area contributed by atoms with Crippen LogP contribution in [0.1, 0.15) is 32.1 Å². The molecule has 5 heteroatoms. The summed E-state index contributed by atoms with van der Waals surface area (Å²) in [5.41, 5.74) is 10.5. The molecule has 2 saturated carbocycles. The molecule has 0 atom stereocenters. The molecule has 0 unspecified atom stereocenters. The van der Waals surface area contributed by atoms with E-state index in [1.165, 1.54) is 12.8 Å². The maximum Gasteiger partial charge on any atom is 0.318 e. The zero-order chi connectivity index (χ0) is 10.2. The lowest BCUT2D eigenvalue weighted by Gasteiger charge is -2.21. The normalized spacial score (nSPS) is 36.0. The predicted molar refractivity (Wildman–Crippen MR) is 53.6 cm³/mol. The highest BCUT2D eigenvalue weighted by Crippen LogP contribution is 2.49. The van der Waals surface area contributed by atoms with Crippen molar-refractivity contribution in [3.63, 3.8) is 0 Å². The Balaban J connectivity index is 2.04. The summed E-state index contributed by atoms with van der Waals surface area (Å²) in [6, 6.07) is -0.643. The number of nitrogens with zero attached hydrogens (tertiary/aromatic N) is 1. The van der Waals surface area contributed by atoms with E-state index in [2.05, 4.69) is 10.3 Å². The molecule has 0 aromatic carbocycles. The highest BCUT2D eigenvalue weighted by atomic mass is 16.2. The molecule has 2 bridgehead atoms. The van der Waals surface area contributed by atoms with E-state index in [4.69, 9.17) is 11.5 Å². The van der Waals surface area contributed by atoms with E-state index in [0.717, 1.165) is 25.2 Å². The van der Waals surface area contributed by atoms with Crippen molar-refractivity contribution >= 4 is 12.0 Å². The minimum atomic E-state index is -0.643. The lowest BCUT2D eigenvalue weighted by atomic mass is 9.95. The second-order valence-electron chi connectivity index (χ2n) is 4.36. The average Bonchev–Trinajstić information content (AvgIpc) is 2.60. The average molecular weight is 196 g/mol. The van der Waals surface area contributed by atoms with E-state index < -0.39 is 6.03 Å². The number of hydrogen-bond acceptors (Lipinski definition) is 2. The van der Waals surface area contributed by atoms with Crippen LogP contribution in [0.25, 0.3) is 0 Å². The predicted octanol–water partition coefficient (Wildman–Crippen LogP) is 0.302. The molecular weight excluding hydrogens is 180 g/mol. The number of fused-ring (bicyclic) bond motifs is 2. The summed E-state index contributed by atoms with van der Waals surface area (Å²) < 4.78 is 0. The van der Waals surface area contributed by atoms with E-state index in [1.54, 1.807) is 0 Å². The van der Waals surface area contributed by atoms with Crippen LogP contribution in [0.3, 0.4) is 0 Å². The highest BCUT2D eigenvalue weighted by Gasteiger charge is 2.44. The molecule has 0 aliphatic heterocycles. The van der Waals surface area contributed by atoms with Gasteiger partial charge in [-0.25, -0.2) is 9.79 Å². The fourth-order valence-corrected chi connectivity index (χ4v) is 2.73. The van der Waals surface area contributed by atoms with Crippen molar-refractivity contribution in [3.05, 3.63) is 0 Å². The first kappa shape index (κ1) is 9.30. The van der Waals surface area contributed by atoms with Gasteiger partial charge >= 0.3 is 6.03 Å². The molecule has 78 valence electrons. The SMILES string of the molecule is NC(=O)NC(N)=NC12CCC(CC1)C2. The quantitative estimate of drug-likeness (QED) is 0.415. The molecule has 14 heavy (non-hydrogen) atoms. The zero-order valence-corrected chi connectivity index (χ0v) is 8.12. The Labute approximate surface area is 82.9 Å². The van der Waals surface area contributed by atoms with Gasteiger partial charge in [0.05, 0.1) is 5.54 Å². The molecule has 0 aromatic rings. The van der Waals surface area contributed by atoms with Gasteiger partial charge in [0.25, 0.3) is 0 Å². The molecular formula is C9H16N4O. The first-order valence-electron chi connectivity index (χ1n) is 5.01. The summed E-state index contributed by atoms with van der Waals surface area (Å²) in [6.45, 7) is 0.